The molecule has 106 valence electrons. The third-order valence-corrected chi connectivity index (χ3v) is 3.62. The molecule has 3 nitrogen and oxygen atoms in total. The molecule has 1 aromatic carbocycles. The van der Waals surface area contributed by atoms with Gasteiger partial charge in [-0.2, -0.15) is 5.26 Å². The SMILES string of the molecule is N#CCc1ccc(OCc2cc(C#CCCO)cs2)cc1. The number of hydrogen-bond donors (Lipinski definition) is 1. The molecule has 4 heteroatoms. The van der Waals surface area contributed by atoms with Crippen molar-refractivity contribution in [3.05, 3.63) is 51.7 Å². The van der Waals surface area contributed by atoms with Crippen LogP contribution in [0.4, 0.5) is 0 Å². The van der Waals surface area contributed by atoms with Crippen LogP contribution in [0.3, 0.4) is 0 Å². The molecule has 0 amide bonds. The zero-order valence-electron chi connectivity index (χ0n) is 11.5. The van der Waals surface area contributed by atoms with Crippen LogP contribution in [0.5, 0.6) is 5.75 Å². The summed E-state index contributed by atoms with van der Waals surface area (Å²) >= 11 is 1.61. The number of nitrogens with zero attached hydrogens (tertiary/aromatic N) is 1. The van der Waals surface area contributed by atoms with Crippen molar-refractivity contribution in [3.63, 3.8) is 0 Å². The van der Waals surface area contributed by atoms with Gasteiger partial charge >= 0.3 is 0 Å². The molecule has 1 N–H and O–H groups in total. The summed E-state index contributed by atoms with van der Waals surface area (Å²) in [5.74, 6) is 6.69. The molecule has 2 rings (SSSR count). The topological polar surface area (TPSA) is 53.2 Å². The third-order valence-electron chi connectivity index (χ3n) is 2.71. The number of thiophene rings is 1. The van der Waals surface area contributed by atoms with Gasteiger partial charge in [0, 0.05) is 22.2 Å². The maximum absolute atomic E-state index is 8.68. The highest BCUT2D eigenvalue weighted by Gasteiger charge is 2.00. The minimum Gasteiger partial charge on any atom is -0.488 e. The Morgan fingerprint density at radius 3 is 2.76 bits per heavy atom. The molecule has 0 aliphatic heterocycles. The van der Waals surface area contributed by atoms with Crippen LogP contribution in [0.2, 0.25) is 0 Å². The normalized spacial score (nSPS) is 9.52. The van der Waals surface area contributed by atoms with E-state index in [-0.39, 0.29) is 6.61 Å². The van der Waals surface area contributed by atoms with Gasteiger partial charge in [-0.1, -0.05) is 24.0 Å². The molecule has 0 bridgehead atoms. The Kier molecular flexibility index (Phi) is 5.84. The predicted octanol–water partition coefficient (Wildman–Crippen LogP) is 3.13. The second-order valence-electron chi connectivity index (χ2n) is 4.34. The third kappa shape index (κ3) is 4.96. The first-order valence-corrected chi connectivity index (χ1v) is 7.45. The van der Waals surface area contributed by atoms with Gasteiger partial charge in [-0.15, -0.1) is 11.3 Å². The van der Waals surface area contributed by atoms with Crippen LogP contribution in [0.25, 0.3) is 0 Å². The number of aliphatic hydroxyl groups excluding tert-OH is 1. The number of aliphatic hydroxyl groups is 1. The quantitative estimate of drug-likeness (QED) is 0.863. The molecule has 0 aliphatic rings. The van der Waals surface area contributed by atoms with E-state index in [1.165, 1.54) is 0 Å². The van der Waals surface area contributed by atoms with Crippen LogP contribution >= 0.6 is 11.3 Å². The molecule has 0 unspecified atom stereocenters. The smallest absolute Gasteiger partial charge is 0.122 e. The van der Waals surface area contributed by atoms with Gasteiger partial charge in [-0.05, 0) is 23.8 Å². The van der Waals surface area contributed by atoms with Crippen molar-refractivity contribution in [1.29, 1.82) is 5.26 Å². The number of hydrogen-bond acceptors (Lipinski definition) is 4. The Morgan fingerprint density at radius 1 is 1.24 bits per heavy atom. The van der Waals surface area contributed by atoms with Crippen molar-refractivity contribution in [2.24, 2.45) is 0 Å². The summed E-state index contributed by atoms with van der Waals surface area (Å²) in [7, 11) is 0. The first-order valence-electron chi connectivity index (χ1n) is 6.57. The molecule has 2 aromatic rings. The number of benzene rings is 1. The van der Waals surface area contributed by atoms with E-state index < -0.39 is 0 Å². The van der Waals surface area contributed by atoms with E-state index >= 15 is 0 Å². The molecule has 0 spiro atoms. The molecule has 1 aromatic heterocycles. The van der Waals surface area contributed by atoms with Crippen LogP contribution in [0.1, 0.15) is 22.4 Å². The fourth-order valence-corrected chi connectivity index (χ4v) is 2.42. The fourth-order valence-electron chi connectivity index (χ4n) is 1.69. The molecule has 0 radical (unpaired) electrons. The Labute approximate surface area is 128 Å². The first kappa shape index (κ1) is 15.1. The van der Waals surface area contributed by atoms with Crippen LogP contribution < -0.4 is 4.74 Å². The lowest BCUT2D eigenvalue weighted by atomic mass is 10.2. The summed E-state index contributed by atoms with van der Waals surface area (Å²) in [5, 5.41) is 19.3. The van der Waals surface area contributed by atoms with Crippen LogP contribution in [0, 0.1) is 23.2 Å². The molecule has 0 saturated carbocycles. The number of rotatable bonds is 5. The summed E-state index contributed by atoms with van der Waals surface area (Å²) in [6.07, 6.45) is 0.914. The van der Waals surface area contributed by atoms with Crippen LogP contribution in [-0.2, 0) is 13.0 Å². The highest BCUT2D eigenvalue weighted by Crippen LogP contribution is 2.18. The average Bonchev–Trinajstić information content (AvgIpc) is 2.95. The maximum Gasteiger partial charge on any atom is 0.122 e. The monoisotopic (exact) mass is 297 g/mol. The van der Waals surface area contributed by atoms with E-state index in [9.17, 15) is 0 Å². The minimum absolute atomic E-state index is 0.0922. The Hall–Kier alpha value is -2.27. The molecule has 21 heavy (non-hydrogen) atoms. The fraction of sp³-hybridized carbons (Fsp3) is 0.235. The summed E-state index contributed by atoms with van der Waals surface area (Å²) in [6.45, 7) is 0.596. The highest BCUT2D eigenvalue weighted by atomic mass is 32.1. The number of nitriles is 1. The average molecular weight is 297 g/mol. The lowest BCUT2D eigenvalue weighted by Gasteiger charge is -2.04. The molecular weight excluding hydrogens is 282 g/mol. The second kappa shape index (κ2) is 8.11. The van der Waals surface area contributed by atoms with Gasteiger partial charge in [0.05, 0.1) is 19.1 Å². The molecule has 0 aliphatic carbocycles. The first-order chi connectivity index (χ1) is 10.3. The van der Waals surface area contributed by atoms with E-state index in [0.717, 1.165) is 21.8 Å². The second-order valence-corrected chi connectivity index (χ2v) is 5.34. The zero-order valence-corrected chi connectivity index (χ0v) is 12.3. The highest BCUT2D eigenvalue weighted by molar-refractivity contribution is 7.10. The van der Waals surface area contributed by atoms with Crippen molar-refractivity contribution >= 4 is 11.3 Å². The Balaban J connectivity index is 1.88. The van der Waals surface area contributed by atoms with E-state index in [2.05, 4.69) is 17.9 Å². The van der Waals surface area contributed by atoms with Gasteiger partial charge in [-0.3, -0.25) is 0 Å². The summed E-state index contributed by atoms with van der Waals surface area (Å²) < 4.78 is 5.70. The van der Waals surface area contributed by atoms with Gasteiger partial charge < -0.3 is 9.84 Å². The van der Waals surface area contributed by atoms with Gasteiger partial charge in [0.2, 0.25) is 0 Å². The summed E-state index contributed by atoms with van der Waals surface area (Å²) in [4.78, 5) is 1.10. The van der Waals surface area contributed by atoms with Crippen molar-refractivity contribution in [2.45, 2.75) is 19.4 Å². The summed E-state index contributed by atoms with van der Waals surface area (Å²) in [6, 6.07) is 11.7. The maximum atomic E-state index is 8.68. The van der Waals surface area contributed by atoms with Crippen molar-refractivity contribution in [3.8, 4) is 23.7 Å². The molecule has 0 saturated heterocycles. The van der Waals surface area contributed by atoms with Gasteiger partial charge in [-0.25, -0.2) is 0 Å². The molecular formula is C17H15NO2S. The Bertz CT molecular complexity index is 671. The predicted molar refractivity (Wildman–Crippen MR) is 83.0 cm³/mol. The van der Waals surface area contributed by atoms with Crippen LogP contribution in [-0.4, -0.2) is 11.7 Å². The largest absolute Gasteiger partial charge is 0.488 e. The van der Waals surface area contributed by atoms with E-state index in [1.807, 2.05) is 35.7 Å². The summed E-state index contributed by atoms with van der Waals surface area (Å²) in [5.41, 5.74) is 1.94. The zero-order chi connectivity index (χ0) is 14.9. The van der Waals surface area contributed by atoms with Crippen molar-refractivity contribution in [1.82, 2.24) is 0 Å². The standard InChI is InChI=1S/C17H15NO2S/c18-9-8-14-4-6-16(7-5-14)20-12-17-11-15(13-21-17)3-1-2-10-19/h4-7,11,13,19H,2,8,10,12H2. The Morgan fingerprint density at radius 2 is 2.05 bits per heavy atom. The molecule has 0 fully saturated rings. The van der Waals surface area contributed by atoms with Gasteiger partial charge in [0.15, 0.2) is 0 Å². The van der Waals surface area contributed by atoms with E-state index in [0.29, 0.717) is 19.4 Å². The molecule has 0 atom stereocenters. The molecule has 1 heterocycles. The minimum atomic E-state index is 0.0922. The lowest BCUT2D eigenvalue weighted by molar-refractivity contribution is 0.305. The van der Waals surface area contributed by atoms with E-state index in [1.54, 1.807) is 11.3 Å². The van der Waals surface area contributed by atoms with Gasteiger partial charge in [0.1, 0.15) is 12.4 Å². The van der Waals surface area contributed by atoms with Crippen molar-refractivity contribution in [2.75, 3.05) is 6.61 Å². The lowest BCUT2D eigenvalue weighted by Crippen LogP contribution is -1.93. The van der Waals surface area contributed by atoms with Gasteiger partial charge in [0.25, 0.3) is 0 Å². The van der Waals surface area contributed by atoms with Crippen molar-refractivity contribution < 1.29 is 9.84 Å². The van der Waals surface area contributed by atoms with Crippen LogP contribution in [0.15, 0.2) is 35.7 Å². The number of ether oxygens (including phenoxy) is 1. The van der Waals surface area contributed by atoms with E-state index in [4.69, 9.17) is 15.1 Å².